The van der Waals surface area contributed by atoms with Crippen molar-refractivity contribution in [3.8, 4) is 10.8 Å². The Labute approximate surface area is 140 Å². The van der Waals surface area contributed by atoms with Crippen LogP contribution in [-0.2, 0) is 16.1 Å². The third-order valence-electron chi connectivity index (χ3n) is 3.02. The van der Waals surface area contributed by atoms with Gasteiger partial charge in [-0.1, -0.05) is 12.1 Å². The minimum Gasteiger partial charge on any atom is -0.459 e. The highest BCUT2D eigenvalue weighted by Gasteiger charge is 2.13. The van der Waals surface area contributed by atoms with Gasteiger partial charge < -0.3 is 9.15 Å². The van der Waals surface area contributed by atoms with Crippen LogP contribution < -0.4 is 0 Å². The van der Waals surface area contributed by atoms with Crippen LogP contribution in [0.15, 0.2) is 45.7 Å². The predicted molar refractivity (Wildman–Crippen MR) is 87.5 cm³/mol. The molecule has 0 fully saturated rings. The van der Waals surface area contributed by atoms with Gasteiger partial charge in [-0.3, -0.25) is 9.59 Å². The van der Waals surface area contributed by atoms with E-state index >= 15 is 0 Å². The smallest absolute Gasteiger partial charge is 0.306 e. The van der Waals surface area contributed by atoms with Gasteiger partial charge >= 0.3 is 5.97 Å². The van der Waals surface area contributed by atoms with E-state index < -0.39 is 5.97 Å². The Kier molecular flexibility index (Phi) is 4.99. The molecule has 5 nitrogen and oxygen atoms in total. The second-order valence-corrected chi connectivity index (χ2v) is 6.58. The van der Waals surface area contributed by atoms with Gasteiger partial charge in [0.05, 0.1) is 16.2 Å². The summed E-state index contributed by atoms with van der Waals surface area (Å²) in [4.78, 5) is 29.3. The lowest BCUT2D eigenvalue weighted by molar-refractivity contribution is -0.145. The third kappa shape index (κ3) is 4.14. The first-order valence-electron chi connectivity index (χ1n) is 6.93. The Morgan fingerprint density at radius 3 is 2.70 bits per heavy atom. The molecule has 0 aliphatic heterocycles. The summed E-state index contributed by atoms with van der Waals surface area (Å²) < 4.78 is 10.5. The molecule has 7 heteroatoms. The van der Waals surface area contributed by atoms with E-state index in [2.05, 4.69) is 4.98 Å². The van der Waals surface area contributed by atoms with E-state index in [1.807, 2.05) is 29.0 Å². The lowest BCUT2D eigenvalue weighted by Gasteiger charge is -2.01. The van der Waals surface area contributed by atoms with Crippen LogP contribution in [0.4, 0.5) is 0 Å². The fourth-order valence-corrected chi connectivity index (χ4v) is 3.24. The number of rotatable bonds is 7. The monoisotopic (exact) mass is 347 g/mol. The van der Waals surface area contributed by atoms with Crippen molar-refractivity contribution < 1.29 is 18.7 Å². The Balaban J connectivity index is 1.45. The number of carbonyl (C=O) groups excluding carboxylic acids is 2. The molecule has 0 radical (unpaired) electrons. The summed E-state index contributed by atoms with van der Waals surface area (Å²) in [6, 6.07) is 7.38. The molecule has 0 spiro atoms. The molecule has 3 heterocycles. The number of ketones is 1. The first-order valence-corrected chi connectivity index (χ1v) is 8.69. The highest BCUT2D eigenvalue weighted by atomic mass is 32.1. The van der Waals surface area contributed by atoms with E-state index in [4.69, 9.17) is 9.15 Å². The van der Waals surface area contributed by atoms with Crippen molar-refractivity contribution >= 4 is 34.4 Å². The first kappa shape index (κ1) is 15.6. The van der Waals surface area contributed by atoms with Crippen LogP contribution in [0.5, 0.6) is 0 Å². The van der Waals surface area contributed by atoms with E-state index in [-0.39, 0.29) is 25.2 Å². The fraction of sp³-hybridized carbons (Fsp3) is 0.188. The molecule has 0 atom stereocenters. The molecule has 0 N–H and O–H groups in total. The maximum absolute atomic E-state index is 11.8. The number of aromatic nitrogens is 1. The van der Waals surface area contributed by atoms with E-state index in [0.717, 1.165) is 4.88 Å². The Bertz CT molecular complexity index is 775. The number of esters is 1. The van der Waals surface area contributed by atoms with Crippen molar-refractivity contribution in [2.45, 2.75) is 19.4 Å². The molecule has 3 rings (SSSR count). The van der Waals surface area contributed by atoms with Crippen LogP contribution in [0.2, 0.25) is 0 Å². The molecule has 3 aromatic rings. The molecule has 0 saturated heterocycles. The largest absolute Gasteiger partial charge is 0.459 e. The summed E-state index contributed by atoms with van der Waals surface area (Å²) in [5, 5.41) is 3.77. The Morgan fingerprint density at radius 1 is 1.13 bits per heavy atom. The number of Topliss-reactive ketones (excluding diaryl/α,β-unsaturated/α-hetero) is 1. The second-order valence-electron chi connectivity index (χ2n) is 4.68. The van der Waals surface area contributed by atoms with Gasteiger partial charge in [0.1, 0.15) is 18.6 Å². The zero-order valence-electron chi connectivity index (χ0n) is 12.1. The minimum absolute atomic E-state index is 0.0426. The zero-order valence-corrected chi connectivity index (χ0v) is 13.7. The predicted octanol–water partition coefficient (Wildman–Crippen LogP) is 4.17. The standard InChI is InChI=1S/C16H13NO4S2/c18-12(13-3-1-7-22-13)5-6-15(19)20-9-11-10-21-16(17-11)14-4-2-8-23-14/h1-4,7-8,10H,5-6,9H2. The Morgan fingerprint density at radius 2 is 1.96 bits per heavy atom. The zero-order chi connectivity index (χ0) is 16.1. The number of oxazole rings is 1. The van der Waals surface area contributed by atoms with Crippen LogP contribution >= 0.6 is 22.7 Å². The average Bonchev–Trinajstić information content (AvgIpc) is 3.32. The molecule has 0 aliphatic rings. The molecule has 0 aromatic carbocycles. The average molecular weight is 347 g/mol. The summed E-state index contributed by atoms with van der Waals surface area (Å²) in [7, 11) is 0. The molecular formula is C16H13NO4S2. The second kappa shape index (κ2) is 7.34. The van der Waals surface area contributed by atoms with Gasteiger partial charge in [-0.2, -0.15) is 0 Å². The molecule has 0 saturated carbocycles. The van der Waals surface area contributed by atoms with E-state index in [1.165, 1.54) is 28.9 Å². The van der Waals surface area contributed by atoms with Crippen molar-refractivity contribution in [2.75, 3.05) is 0 Å². The number of carbonyl (C=O) groups is 2. The molecule has 0 amide bonds. The quantitative estimate of drug-likeness (QED) is 0.474. The van der Waals surface area contributed by atoms with Gasteiger partial charge in [0.2, 0.25) is 5.89 Å². The van der Waals surface area contributed by atoms with Crippen LogP contribution in [0.1, 0.15) is 28.2 Å². The van der Waals surface area contributed by atoms with Crippen molar-refractivity contribution in [3.05, 3.63) is 51.9 Å². The van der Waals surface area contributed by atoms with Crippen LogP contribution in [0, 0.1) is 0 Å². The number of hydrogen-bond acceptors (Lipinski definition) is 7. The SMILES string of the molecule is O=C(CCC(=O)c1cccs1)OCc1coc(-c2cccs2)n1. The lowest BCUT2D eigenvalue weighted by atomic mass is 10.2. The highest BCUT2D eigenvalue weighted by molar-refractivity contribution is 7.13. The first-order chi connectivity index (χ1) is 11.2. The fourth-order valence-electron chi connectivity index (χ4n) is 1.89. The van der Waals surface area contributed by atoms with Gasteiger partial charge in [0.15, 0.2) is 5.78 Å². The van der Waals surface area contributed by atoms with Gasteiger partial charge in [-0.15, -0.1) is 22.7 Å². The lowest BCUT2D eigenvalue weighted by Crippen LogP contribution is -2.07. The Hall–Kier alpha value is -2.25. The summed E-state index contributed by atoms with van der Waals surface area (Å²) in [5.41, 5.74) is 0.548. The molecule has 23 heavy (non-hydrogen) atoms. The van der Waals surface area contributed by atoms with Gasteiger partial charge in [0.25, 0.3) is 0 Å². The van der Waals surface area contributed by atoms with Crippen molar-refractivity contribution in [2.24, 2.45) is 0 Å². The molecule has 118 valence electrons. The van der Waals surface area contributed by atoms with Gasteiger partial charge in [-0.05, 0) is 22.9 Å². The summed E-state index contributed by atoms with van der Waals surface area (Å²) in [6.07, 6.45) is 1.68. The normalized spacial score (nSPS) is 10.6. The highest BCUT2D eigenvalue weighted by Crippen LogP contribution is 2.23. The summed E-state index contributed by atoms with van der Waals surface area (Å²) >= 11 is 2.89. The maximum atomic E-state index is 11.8. The number of ether oxygens (including phenoxy) is 1. The van der Waals surface area contributed by atoms with Crippen molar-refractivity contribution in [1.29, 1.82) is 0 Å². The maximum Gasteiger partial charge on any atom is 0.306 e. The number of hydrogen-bond donors (Lipinski definition) is 0. The van der Waals surface area contributed by atoms with Crippen molar-refractivity contribution in [3.63, 3.8) is 0 Å². The van der Waals surface area contributed by atoms with E-state index in [1.54, 1.807) is 6.07 Å². The summed E-state index contributed by atoms with van der Waals surface area (Å²) in [5.74, 6) is 0.0490. The number of thiophene rings is 2. The van der Waals surface area contributed by atoms with Crippen LogP contribution in [0.25, 0.3) is 10.8 Å². The number of nitrogens with zero attached hydrogens (tertiary/aromatic N) is 1. The molecule has 0 aliphatic carbocycles. The summed E-state index contributed by atoms with van der Waals surface area (Å²) in [6.45, 7) is 0.0426. The van der Waals surface area contributed by atoms with Crippen LogP contribution in [-0.4, -0.2) is 16.7 Å². The van der Waals surface area contributed by atoms with Gasteiger partial charge in [0, 0.05) is 6.42 Å². The third-order valence-corrected chi connectivity index (χ3v) is 4.79. The minimum atomic E-state index is -0.421. The molecule has 3 aromatic heterocycles. The topological polar surface area (TPSA) is 69.4 Å². The van der Waals surface area contributed by atoms with E-state index in [9.17, 15) is 9.59 Å². The van der Waals surface area contributed by atoms with E-state index in [0.29, 0.717) is 16.5 Å². The van der Waals surface area contributed by atoms with Gasteiger partial charge in [-0.25, -0.2) is 4.98 Å². The van der Waals surface area contributed by atoms with Crippen molar-refractivity contribution in [1.82, 2.24) is 4.98 Å². The van der Waals surface area contributed by atoms with Crippen LogP contribution in [0.3, 0.4) is 0 Å². The molecule has 0 unspecified atom stereocenters. The molecule has 0 bridgehead atoms. The molecular weight excluding hydrogens is 334 g/mol.